The van der Waals surface area contributed by atoms with Crippen LogP contribution >= 0.6 is 0 Å². The van der Waals surface area contributed by atoms with Crippen molar-refractivity contribution in [2.75, 3.05) is 37.4 Å². The molecule has 154 valence electrons. The van der Waals surface area contributed by atoms with Crippen molar-refractivity contribution in [2.24, 2.45) is 0 Å². The number of carbonyl (C=O) groups is 2. The Morgan fingerprint density at radius 3 is 2.24 bits per heavy atom. The van der Waals surface area contributed by atoms with Crippen molar-refractivity contribution in [3.8, 4) is 5.75 Å². The standard InChI is InChI=1S/C20H24N4O5/c1-3-12-23(14-20(26)22-17-6-4-5-7-18(17)29-2)13-19(25)21-15-8-10-16(11-9-15)24(27)28/h4-11H,3,12-14H2,1-2H3,(H,21,25)(H,22,26)/p+1. The van der Waals surface area contributed by atoms with Crippen molar-refractivity contribution < 1.29 is 24.1 Å². The zero-order valence-electron chi connectivity index (χ0n) is 16.4. The third kappa shape index (κ3) is 6.89. The Kier molecular flexibility index (Phi) is 8.11. The molecule has 0 heterocycles. The molecule has 0 aliphatic carbocycles. The van der Waals surface area contributed by atoms with Gasteiger partial charge in [0.2, 0.25) is 0 Å². The van der Waals surface area contributed by atoms with Gasteiger partial charge in [0.15, 0.2) is 13.1 Å². The molecule has 2 rings (SSSR count). The van der Waals surface area contributed by atoms with Gasteiger partial charge in [-0.05, 0) is 30.7 Å². The van der Waals surface area contributed by atoms with E-state index in [0.717, 1.165) is 11.3 Å². The fourth-order valence-electron chi connectivity index (χ4n) is 2.86. The topological polar surface area (TPSA) is 115 Å². The van der Waals surface area contributed by atoms with Crippen molar-refractivity contribution in [1.82, 2.24) is 0 Å². The summed E-state index contributed by atoms with van der Waals surface area (Å²) in [6.45, 7) is 2.85. The van der Waals surface area contributed by atoms with Gasteiger partial charge in [0, 0.05) is 17.8 Å². The van der Waals surface area contributed by atoms with Gasteiger partial charge in [-0.1, -0.05) is 19.1 Å². The summed E-state index contributed by atoms with van der Waals surface area (Å²) in [6.07, 6.45) is 0.808. The van der Waals surface area contributed by atoms with Gasteiger partial charge in [-0.25, -0.2) is 0 Å². The first-order valence-corrected chi connectivity index (χ1v) is 9.23. The predicted octanol–water partition coefficient (Wildman–Crippen LogP) is 1.48. The van der Waals surface area contributed by atoms with E-state index in [4.69, 9.17) is 4.74 Å². The molecule has 0 bridgehead atoms. The molecular weight excluding hydrogens is 376 g/mol. The van der Waals surface area contributed by atoms with Crippen molar-refractivity contribution >= 4 is 28.9 Å². The van der Waals surface area contributed by atoms with Crippen molar-refractivity contribution in [2.45, 2.75) is 13.3 Å². The number of quaternary nitrogens is 1. The highest BCUT2D eigenvalue weighted by molar-refractivity contribution is 5.94. The van der Waals surface area contributed by atoms with Gasteiger partial charge in [0.05, 0.1) is 24.3 Å². The molecule has 0 aliphatic heterocycles. The summed E-state index contributed by atoms with van der Waals surface area (Å²) in [5, 5.41) is 16.2. The SMILES string of the molecule is CCC[NH+](CC(=O)Nc1ccc([N+](=O)[O-])cc1)CC(=O)Nc1ccccc1OC. The summed E-state index contributed by atoms with van der Waals surface area (Å²) in [6, 6.07) is 12.7. The third-order valence-electron chi connectivity index (χ3n) is 4.17. The normalized spacial score (nSPS) is 11.4. The molecule has 3 N–H and O–H groups in total. The van der Waals surface area contributed by atoms with Gasteiger partial charge in [0.1, 0.15) is 5.75 Å². The minimum Gasteiger partial charge on any atom is -0.495 e. The smallest absolute Gasteiger partial charge is 0.279 e. The van der Waals surface area contributed by atoms with Gasteiger partial charge in [-0.2, -0.15) is 0 Å². The van der Waals surface area contributed by atoms with Crippen LogP contribution in [0.15, 0.2) is 48.5 Å². The summed E-state index contributed by atoms with van der Waals surface area (Å²) in [4.78, 5) is 35.8. The van der Waals surface area contributed by atoms with Crippen molar-refractivity contribution in [3.05, 3.63) is 58.6 Å². The van der Waals surface area contributed by atoms with Crippen LogP contribution in [0.5, 0.6) is 5.75 Å². The first-order valence-electron chi connectivity index (χ1n) is 9.23. The molecule has 0 aliphatic rings. The molecule has 0 fully saturated rings. The minimum absolute atomic E-state index is 0.0470. The van der Waals surface area contributed by atoms with Crippen LogP contribution in [0.1, 0.15) is 13.3 Å². The Morgan fingerprint density at radius 2 is 1.66 bits per heavy atom. The average molecular weight is 401 g/mol. The average Bonchev–Trinajstić information content (AvgIpc) is 2.68. The number of nitrogens with zero attached hydrogens (tertiary/aromatic N) is 1. The van der Waals surface area contributed by atoms with E-state index in [9.17, 15) is 19.7 Å². The molecule has 0 spiro atoms. The summed E-state index contributed by atoms with van der Waals surface area (Å²) in [5.74, 6) is 0.0716. The first-order chi connectivity index (χ1) is 13.9. The fraction of sp³-hybridized carbons (Fsp3) is 0.300. The first kappa shape index (κ1) is 21.8. The molecule has 2 amide bonds. The number of amides is 2. The number of para-hydroxylation sites is 2. The van der Waals surface area contributed by atoms with Crippen molar-refractivity contribution in [1.29, 1.82) is 0 Å². The molecule has 2 aromatic rings. The molecule has 9 nitrogen and oxygen atoms in total. The highest BCUT2D eigenvalue weighted by atomic mass is 16.6. The maximum absolute atomic E-state index is 12.4. The zero-order chi connectivity index (χ0) is 21.2. The zero-order valence-corrected chi connectivity index (χ0v) is 16.4. The number of nitro benzene ring substituents is 1. The fourth-order valence-corrected chi connectivity index (χ4v) is 2.86. The van der Waals surface area contributed by atoms with Gasteiger partial charge in [0.25, 0.3) is 17.5 Å². The van der Waals surface area contributed by atoms with E-state index in [1.54, 1.807) is 18.2 Å². The maximum Gasteiger partial charge on any atom is 0.279 e. The van der Waals surface area contributed by atoms with Gasteiger partial charge < -0.3 is 20.3 Å². The lowest BCUT2D eigenvalue weighted by molar-refractivity contribution is -0.883. The maximum atomic E-state index is 12.4. The van der Waals surface area contributed by atoms with Crippen LogP contribution in [0.4, 0.5) is 17.1 Å². The molecule has 29 heavy (non-hydrogen) atoms. The molecule has 0 saturated heterocycles. The number of hydrogen-bond acceptors (Lipinski definition) is 5. The summed E-state index contributed by atoms with van der Waals surface area (Å²) in [5.41, 5.74) is 0.996. The molecule has 0 aromatic heterocycles. The second-order valence-electron chi connectivity index (χ2n) is 6.45. The predicted molar refractivity (Wildman–Crippen MR) is 109 cm³/mol. The highest BCUT2D eigenvalue weighted by Gasteiger charge is 2.19. The van der Waals surface area contributed by atoms with Crippen molar-refractivity contribution in [3.63, 3.8) is 0 Å². The van der Waals surface area contributed by atoms with Crippen LogP contribution in [0.3, 0.4) is 0 Å². The largest absolute Gasteiger partial charge is 0.495 e. The van der Waals surface area contributed by atoms with Crippen LogP contribution < -0.4 is 20.3 Å². The molecule has 0 radical (unpaired) electrons. The molecule has 1 unspecified atom stereocenters. The molecule has 2 aromatic carbocycles. The van der Waals surface area contributed by atoms with Crippen LogP contribution in [-0.4, -0.2) is 43.5 Å². The summed E-state index contributed by atoms with van der Waals surface area (Å²) >= 11 is 0. The number of non-ortho nitro benzene ring substituents is 1. The van der Waals surface area contributed by atoms with Crippen LogP contribution in [-0.2, 0) is 9.59 Å². The Balaban J connectivity index is 1.93. The number of carbonyl (C=O) groups excluding carboxylic acids is 2. The van der Waals surface area contributed by atoms with E-state index < -0.39 is 4.92 Å². The number of ether oxygens (including phenoxy) is 1. The lowest BCUT2D eigenvalue weighted by Gasteiger charge is -2.18. The van der Waals surface area contributed by atoms with Gasteiger partial charge >= 0.3 is 0 Å². The Hall–Kier alpha value is -3.46. The number of hydrogen-bond donors (Lipinski definition) is 3. The Bertz CT molecular complexity index is 854. The monoisotopic (exact) mass is 401 g/mol. The van der Waals surface area contributed by atoms with Gasteiger partial charge in [-0.3, -0.25) is 19.7 Å². The van der Waals surface area contributed by atoms with E-state index in [1.807, 2.05) is 13.0 Å². The van der Waals surface area contributed by atoms with E-state index in [2.05, 4.69) is 10.6 Å². The van der Waals surface area contributed by atoms with Gasteiger partial charge in [-0.15, -0.1) is 0 Å². The van der Waals surface area contributed by atoms with E-state index >= 15 is 0 Å². The molecular formula is C20H25N4O5+. The molecule has 9 heteroatoms. The number of methoxy groups -OCH3 is 1. The van der Waals surface area contributed by atoms with E-state index in [1.165, 1.54) is 31.4 Å². The Morgan fingerprint density at radius 1 is 1.03 bits per heavy atom. The number of anilines is 2. The second kappa shape index (κ2) is 10.8. The second-order valence-corrected chi connectivity index (χ2v) is 6.45. The lowest BCUT2D eigenvalue weighted by atomic mass is 10.2. The van der Waals surface area contributed by atoms with E-state index in [-0.39, 0.29) is 30.6 Å². The number of nitro groups is 1. The number of rotatable bonds is 10. The highest BCUT2D eigenvalue weighted by Crippen LogP contribution is 2.22. The Labute approximate surface area is 168 Å². The van der Waals surface area contributed by atoms with E-state index in [0.29, 0.717) is 23.7 Å². The number of nitrogens with one attached hydrogen (secondary N) is 3. The number of benzene rings is 2. The lowest BCUT2D eigenvalue weighted by Crippen LogP contribution is -3.14. The summed E-state index contributed by atoms with van der Waals surface area (Å²) < 4.78 is 5.23. The van der Waals surface area contributed by atoms with Crippen LogP contribution in [0.25, 0.3) is 0 Å². The third-order valence-corrected chi connectivity index (χ3v) is 4.17. The molecule has 0 saturated carbocycles. The molecule has 1 atom stereocenters. The minimum atomic E-state index is -0.501. The van der Waals surface area contributed by atoms with Crippen LogP contribution in [0.2, 0.25) is 0 Å². The quantitative estimate of drug-likeness (QED) is 0.412. The summed E-state index contributed by atoms with van der Waals surface area (Å²) in [7, 11) is 1.53. The van der Waals surface area contributed by atoms with Crippen LogP contribution in [0, 0.1) is 10.1 Å².